The Labute approximate surface area is 132 Å². The van der Waals surface area contributed by atoms with Gasteiger partial charge in [-0.05, 0) is 11.1 Å². The topological polar surface area (TPSA) is 26.3 Å². The monoisotopic (exact) mass is 313 g/mol. The molecule has 0 amide bonds. The summed E-state index contributed by atoms with van der Waals surface area (Å²) in [5.74, 6) is 0.653. The molecule has 0 bridgehead atoms. The smallest absolute Gasteiger partial charge is 0.142 e. The molecule has 1 heterocycles. The molecule has 2 nitrogen and oxygen atoms in total. The molecule has 0 aliphatic carbocycles. The van der Waals surface area contributed by atoms with Crippen molar-refractivity contribution in [2.45, 2.75) is 6.61 Å². The van der Waals surface area contributed by atoms with Crippen molar-refractivity contribution >= 4 is 5.78 Å². The van der Waals surface area contributed by atoms with Gasteiger partial charge in [0.05, 0.1) is 0 Å². The summed E-state index contributed by atoms with van der Waals surface area (Å²) in [6, 6.07) is 15.7. The predicted octanol–water partition coefficient (Wildman–Crippen LogP) is 3.06. The van der Waals surface area contributed by atoms with E-state index >= 15 is 0 Å². The molecule has 0 fully saturated rings. The van der Waals surface area contributed by atoms with Gasteiger partial charge in [0.2, 0.25) is 0 Å². The molecule has 1 radical (unpaired) electrons. The minimum absolute atomic E-state index is 0. The van der Waals surface area contributed by atoms with Crippen LogP contribution in [0.5, 0.6) is 5.75 Å². The van der Waals surface area contributed by atoms with Gasteiger partial charge in [0.25, 0.3) is 0 Å². The fourth-order valence-electron chi connectivity index (χ4n) is 1.89. The van der Waals surface area contributed by atoms with Gasteiger partial charge < -0.3 is 17.0 Å². The van der Waals surface area contributed by atoms with Gasteiger partial charge in [-0.2, -0.15) is 18.2 Å². The van der Waals surface area contributed by atoms with Crippen molar-refractivity contribution in [3.63, 3.8) is 0 Å². The maximum atomic E-state index is 12.2. The van der Waals surface area contributed by atoms with Crippen LogP contribution in [0.1, 0.15) is 21.5 Å². The summed E-state index contributed by atoms with van der Waals surface area (Å²) in [5, 5.41) is 0. The second-order valence-electron chi connectivity index (χ2n) is 3.70. The van der Waals surface area contributed by atoms with E-state index in [0.717, 1.165) is 11.1 Å². The number of ether oxygens (including phenoxy) is 1. The normalized spacial score (nSPS) is 11.9. The SMILES string of the molecule is O=C1c2ccccc2COc2cc[c-]cc21.[CH3-].[Y]. The molecule has 0 N–H and O–H groups in total. The Bertz CT molecular complexity index is 514. The molecule has 0 saturated carbocycles. The van der Waals surface area contributed by atoms with E-state index in [4.69, 9.17) is 4.74 Å². The third-order valence-corrected chi connectivity index (χ3v) is 2.71. The molecule has 0 saturated heterocycles. The third-order valence-electron chi connectivity index (χ3n) is 2.71. The summed E-state index contributed by atoms with van der Waals surface area (Å²) in [4.78, 5) is 12.2. The van der Waals surface area contributed by atoms with Crippen molar-refractivity contribution in [1.82, 2.24) is 0 Å². The third kappa shape index (κ3) is 2.55. The van der Waals surface area contributed by atoms with E-state index in [0.29, 0.717) is 17.9 Å². The molecule has 2 aromatic carbocycles. The predicted molar refractivity (Wildman–Crippen MR) is 65.9 cm³/mol. The zero-order chi connectivity index (χ0) is 11.0. The molecule has 2 aromatic rings. The summed E-state index contributed by atoms with van der Waals surface area (Å²) in [7, 11) is 0. The first kappa shape index (κ1) is 15.1. The standard InChI is InChI=1S/C14H9O2.CH3.Y/c15-14-11-6-2-1-5-10(11)9-16-13-8-4-3-7-12(13)14;;/h1-2,4-8H,9H2;1H3;/q2*-1;. The van der Waals surface area contributed by atoms with Crippen LogP contribution in [-0.4, -0.2) is 5.78 Å². The molecule has 1 aliphatic rings. The first-order valence-corrected chi connectivity index (χ1v) is 5.12. The van der Waals surface area contributed by atoms with Crippen molar-refractivity contribution in [3.8, 4) is 5.75 Å². The number of fused-ring (bicyclic) bond motifs is 2. The summed E-state index contributed by atoms with van der Waals surface area (Å²) < 4.78 is 5.60. The maximum Gasteiger partial charge on any atom is 0.142 e. The maximum absolute atomic E-state index is 12.2. The van der Waals surface area contributed by atoms with E-state index in [1.165, 1.54) is 0 Å². The first-order chi connectivity index (χ1) is 7.86. The number of carbonyl (C=O) groups excluding carboxylic acids is 1. The summed E-state index contributed by atoms with van der Waals surface area (Å²) >= 11 is 0. The number of ketones is 1. The number of benzene rings is 2. The van der Waals surface area contributed by atoms with E-state index in [-0.39, 0.29) is 45.9 Å². The van der Waals surface area contributed by atoms with Gasteiger partial charge in [0.15, 0.2) is 0 Å². The van der Waals surface area contributed by atoms with Crippen LogP contribution in [0.4, 0.5) is 0 Å². The molecule has 3 rings (SSSR count). The minimum Gasteiger partial charge on any atom is -0.514 e. The number of hydrogen-bond acceptors (Lipinski definition) is 2. The molecule has 0 spiro atoms. The Morgan fingerprint density at radius 2 is 1.89 bits per heavy atom. The summed E-state index contributed by atoms with van der Waals surface area (Å²) in [5.41, 5.74) is 2.25. The number of hydrogen-bond donors (Lipinski definition) is 0. The van der Waals surface area contributed by atoms with Gasteiger partial charge in [0.1, 0.15) is 12.4 Å². The largest absolute Gasteiger partial charge is 0.514 e. The first-order valence-electron chi connectivity index (χ1n) is 5.12. The second-order valence-corrected chi connectivity index (χ2v) is 3.70. The van der Waals surface area contributed by atoms with E-state index < -0.39 is 0 Å². The van der Waals surface area contributed by atoms with Crippen LogP contribution >= 0.6 is 0 Å². The molecule has 0 aromatic heterocycles. The molecule has 1 aliphatic heterocycles. The van der Waals surface area contributed by atoms with Gasteiger partial charge in [-0.25, -0.2) is 0 Å². The molecule has 18 heavy (non-hydrogen) atoms. The van der Waals surface area contributed by atoms with Crippen molar-refractivity contribution in [3.05, 3.63) is 72.6 Å². The average Bonchev–Trinajstić information content (AvgIpc) is 2.49. The van der Waals surface area contributed by atoms with E-state index in [1.807, 2.05) is 24.3 Å². The Kier molecular flexibility index (Phi) is 5.24. The quantitative estimate of drug-likeness (QED) is 0.699. The van der Waals surface area contributed by atoms with Crippen LogP contribution in [0, 0.1) is 13.5 Å². The Morgan fingerprint density at radius 3 is 2.72 bits per heavy atom. The van der Waals surface area contributed by atoms with Gasteiger partial charge in [-0.15, -0.1) is 6.07 Å². The minimum atomic E-state index is 0. The van der Waals surface area contributed by atoms with Crippen LogP contribution < -0.4 is 4.74 Å². The average molecular weight is 313 g/mol. The van der Waals surface area contributed by atoms with Crippen LogP contribution in [-0.2, 0) is 39.3 Å². The van der Waals surface area contributed by atoms with Gasteiger partial charge in [0, 0.05) is 44.0 Å². The Morgan fingerprint density at radius 1 is 1.11 bits per heavy atom. The van der Waals surface area contributed by atoms with Gasteiger partial charge >= 0.3 is 0 Å². The zero-order valence-corrected chi connectivity index (χ0v) is 13.0. The Hall–Kier alpha value is -0.986. The fraction of sp³-hybridized carbons (Fsp3) is 0.0667. The van der Waals surface area contributed by atoms with Gasteiger partial charge in [-0.1, -0.05) is 24.3 Å². The summed E-state index contributed by atoms with van der Waals surface area (Å²) in [6.45, 7) is 0.443. The van der Waals surface area contributed by atoms with Crippen LogP contribution in [0.2, 0.25) is 0 Å². The molecular formula is C15H12O2Y-2. The van der Waals surface area contributed by atoms with Crippen LogP contribution in [0.25, 0.3) is 0 Å². The summed E-state index contributed by atoms with van der Waals surface area (Å²) in [6.07, 6.45) is 0. The fourth-order valence-corrected chi connectivity index (χ4v) is 1.89. The van der Waals surface area contributed by atoms with Crippen LogP contribution in [0.15, 0.2) is 42.5 Å². The van der Waals surface area contributed by atoms with E-state index in [9.17, 15) is 4.79 Å². The molecule has 0 atom stereocenters. The molecule has 0 unspecified atom stereocenters. The van der Waals surface area contributed by atoms with Crippen molar-refractivity contribution < 1.29 is 42.2 Å². The van der Waals surface area contributed by atoms with Crippen molar-refractivity contribution in [2.75, 3.05) is 0 Å². The van der Waals surface area contributed by atoms with Gasteiger partial charge in [-0.3, -0.25) is 0 Å². The van der Waals surface area contributed by atoms with E-state index in [1.54, 1.807) is 18.2 Å². The van der Waals surface area contributed by atoms with Crippen LogP contribution in [0.3, 0.4) is 0 Å². The van der Waals surface area contributed by atoms with E-state index in [2.05, 4.69) is 6.07 Å². The molecule has 89 valence electrons. The van der Waals surface area contributed by atoms with Crippen molar-refractivity contribution in [1.29, 1.82) is 0 Å². The zero-order valence-electron chi connectivity index (χ0n) is 10.1. The molecular weight excluding hydrogens is 301 g/mol. The molecule has 3 heteroatoms. The number of rotatable bonds is 0. The van der Waals surface area contributed by atoms with Crippen molar-refractivity contribution in [2.24, 2.45) is 0 Å². The Balaban J connectivity index is 0.000000810. The number of carbonyl (C=O) groups is 1. The second kappa shape index (κ2) is 6.26.